The first-order valence-corrected chi connectivity index (χ1v) is 6.97. The van der Waals surface area contributed by atoms with Crippen molar-refractivity contribution in [2.24, 2.45) is 5.41 Å². The zero-order chi connectivity index (χ0) is 15.5. The zero-order valence-electron chi connectivity index (χ0n) is 12.0. The van der Waals surface area contributed by atoms with Gasteiger partial charge in [-0.2, -0.15) is 0 Å². The van der Waals surface area contributed by atoms with Crippen molar-refractivity contribution in [3.8, 4) is 0 Å². The summed E-state index contributed by atoms with van der Waals surface area (Å²) in [4.78, 5) is 23.1. The van der Waals surface area contributed by atoms with E-state index in [1.165, 1.54) is 0 Å². The predicted octanol–water partition coefficient (Wildman–Crippen LogP) is 3.38. The van der Waals surface area contributed by atoms with Crippen molar-refractivity contribution in [1.29, 1.82) is 0 Å². The molecule has 0 fully saturated rings. The molecule has 3 N–H and O–H groups in total. The molecule has 20 heavy (non-hydrogen) atoms. The quantitative estimate of drug-likeness (QED) is 0.787. The van der Waals surface area contributed by atoms with Crippen LogP contribution in [0.4, 0.5) is 10.5 Å². The summed E-state index contributed by atoms with van der Waals surface area (Å²) in [5.41, 5.74) is 1.07. The normalized spacial score (nSPS) is 12.7. The standard InChI is InChI=1S/C14H19BrN2O3/c1-8-5-6-10(9(15)7-8)16-13(20)17-11(12(18)19)14(2,3)4/h5-7,11H,1-4H3,(H,18,19)(H2,16,17,20)/t11-/m0/s1. The molecule has 0 spiro atoms. The van der Waals surface area contributed by atoms with Crippen LogP contribution >= 0.6 is 15.9 Å². The fourth-order valence-electron chi connectivity index (χ4n) is 1.66. The van der Waals surface area contributed by atoms with Crippen molar-refractivity contribution in [2.45, 2.75) is 33.7 Å². The first kappa shape index (κ1) is 16.5. The first-order chi connectivity index (χ1) is 9.11. The molecule has 2 amide bonds. The number of aryl methyl sites for hydroxylation is 1. The van der Waals surface area contributed by atoms with Gasteiger partial charge in [0.25, 0.3) is 0 Å². The molecular formula is C14H19BrN2O3. The van der Waals surface area contributed by atoms with Gasteiger partial charge in [0.1, 0.15) is 6.04 Å². The van der Waals surface area contributed by atoms with E-state index in [4.69, 9.17) is 5.11 Å². The van der Waals surface area contributed by atoms with Crippen molar-refractivity contribution in [1.82, 2.24) is 5.32 Å². The van der Waals surface area contributed by atoms with Gasteiger partial charge in [-0.15, -0.1) is 0 Å². The molecule has 0 aliphatic carbocycles. The molecular weight excluding hydrogens is 324 g/mol. The number of aliphatic carboxylic acids is 1. The highest BCUT2D eigenvalue weighted by molar-refractivity contribution is 9.10. The topological polar surface area (TPSA) is 78.4 Å². The number of hydrogen-bond acceptors (Lipinski definition) is 2. The molecule has 0 saturated carbocycles. The fraction of sp³-hybridized carbons (Fsp3) is 0.429. The molecule has 0 heterocycles. The van der Waals surface area contributed by atoms with E-state index in [0.29, 0.717) is 5.69 Å². The van der Waals surface area contributed by atoms with Gasteiger partial charge in [-0.1, -0.05) is 26.8 Å². The van der Waals surface area contributed by atoms with Crippen LogP contribution < -0.4 is 10.6 Å². The van der Waals surface area contributed by atoms with E-state index in [-0.39, 0.29) is 0 Å². The second-order valence-corrected chi connectivity index (χ2v) is 6.57. The Hall–Kier alpha value is -1.56. The molecule has 0 radical (unpaired) electrons. The van der Waals surface area contributed by atoms with Crippen LogP contribution in [0.2, 0.25) is 0 Å². The number of nitrogens with one attached hydrogen (secondary N) is 2. The SMILES string of the molecule is Cc1ccc(NC(=O)N[C@@H](C(=O)O)C(C)(C)C)c(Br)c1. The molecule has 1 atom stereocenters. The average molecular weight is 343 g/mol. The fourth-order valence-corrected chi connectivity index (χ4v) is 2.25. The van der Waals surface area contributed by atoms with Crippen molar-refractivity contribution in [3.05, 3.63) is 28.2 Å². The molecule has 6 heteroatoms. The highest BCUT2D eigenvalue weighted by Gasteiger charge is 2.32. The Kier molecular flexibility index (Phi) is 5.16. The highest BCUT2D eigenvalue weighted by Crippen LogP contribution is 2.24. The number of halogens is 1. The molecule has 5 nitrogen and oxygen atoms in total. The number of urea groups is 1. The number of carbonyl (C=O) groups is 2. The van der Waals surface area contributed by atoms with Crippen LogP contribution in [0.1, 0.15) is 26.3 Å². The molecule has 0 unspecified atom stereocenters. The van der Waals surface area contributed by atoms with Gasteiger partial charge in [-0.05, 0) is 46.0 Å². The number of benzene rings is 1. The van der Waals surface area contributed by atoms with Crippen molar-refractivity contribution in [2.75, 3.05) is 5.32 Å². The molecule has 110 valence electrons. The minimum Gasteiger partial charge on any atom is -0.480 e. The predicted molar refractivity (Wildman–Crippen MR) is 81.9 cm³/mol. The summed E-state index contributed by atoms with van der Waals surface area (Å²) < 4.78 is 0.746. The lowest BCUT2D eigenvalue weighted by Gasteiger charge is -2.27. The third kappa shape index (κ3) is 4.52. The number of carbonyl (C=O) groups excluding carboxylic acids is 1. The van der Waals surface area contributed by atoms with E-state index < -0.39 is 23.5 Å². The molecule has 0 saturated heterocycles. The van der Waals surface area contributed by atoms with Crippen LogP contribution in [-0.2, 0) is 4.79 Å². The molecule has 1 aromatic carbocycles. The lowest BCUT2D eigenvalue weighted by molar-refractivity contribution is -0.141. The molecule has 1 aromatic rings. The van der Waals surface area contributed by atoms with Crippen LogP contribution in [0, 0.1) is 12.3 Å². The molecule has 0 aliphatic heterocycles. The number of carboxylic acids is 1. The summed E-state index contributed by atoms with van der Waals surface area (Å²) in [6.07, 6.45) is 0. The van der Waals surface area contributed by atoms with Crippen LogP contribution in [-0.4, -0.2) is 23.1 Å². The summed E-state index contributed by atoms with van der Waals surface area (Å²) in [6, 6.07) is 3.97. The Morgan fingerprint density at radius 2 is 1.90 bits per heavy atom. The molecule has 0 bridgehead atoms. The molecule has 0 aliphatic rings. The van der Waals surface area contributed by atoms with Gasteiger partial charge in [-0.3, -0.25) is 0 Å². The zero-order valence-corrected chi connectivity index (χ0v) is 13.5. The summed E-state index contributed by atoms with van der Waals surface area (Å²) in [5, 5.41) is 14.3. The molecule has 0 aromatic heterocycles. The number of rotatable bonds is 3. The monoisotopic (exact) mass is 342 g/mol. The Morgan fingerprint density at radius 1 is 1.30 bits per heavy atom. The minimum absolute atomic E-state index is 0.545. The summed E-state index contributed by atoms with van der Waals surface area (Å²) >= 11 is 3.35. The maximum absolute atomic E-state index is 11.9. The van der Waals surface area contributed by atoms with E-state index in [2.05, 4.69) is 26.6 Å². The van der Waals surface area contributed by atoms with Gasteiger partial charge in [-0.25, -0.2) is 9.59 Å². The van der Waals surface area contributed by atoms with Gasteiger partial charge in [0.05, 0.1) is 5.69 Å². The van der Waals surface area contributed by atoms with Crippen molar-refractivity contribution >= 4 is 33.6 Å². The average Bonchev–Trinajstić information content (AvgIpc) is 2.28. The Labute approximate surface area is 126 Å². The van der Waals surface area contributed by atoms with Crippen LogP contribution in [0.3, 0.4) is 0 Å². The lowest BCUT2D eigenvalue weighted by atomic mass is 9.87. The van der Waals surface area contributed by atoms with E-state index in [0.717, 1.165) is 10.0 Å². The summed E-state index contributed by atoms with van der Waals surface area (Å²) in [7, 11) is 0. The number of carboxylic acid groups (broad SMARTS) is 1. The van der Waals surface area contributed by atoms with E-state index in [1.807, 2.05) is 19.1 Å². The van der Waals surface area contributed by atoms with Gasteiger partial charge in [0, 0.05) is 4.47 Å². The van der Waals surface area contributed by atoms with Gasteiger partial charge in [0.15, 0.2) is 0 Å². The minimum atomic E-state index is -1.06. The number of anilines is 1. The maximum Gasteiger partial charge on any atom is 0.326 e. The second-order valence-electron chi connectivity index (χ2n) is 5.72. The summed E-state index contributed by atoms with van der Waals surface area (Å²) in [5.74, 6) is -1.06. The second kappa shape index (κ2) is 6.26. The van der Waals surface area contributed by atoms with E-state index in [9.17, 15) is 9.59 Å². The van der Waals surface area contributed by atoms with Gasteiger partial charge < -0.3 is 15.7 Å². The lowest BCUT2D eigenvalue weighted by Crippen LogP contribution is -2.50. The van der Waals surface area contributed by atoms with Crippen molar-refractivity contribution in [3.63, 3.8) is 0 Å². The van der Waals surface area contributed by atoms with E-state index in [1.54, 1.807) is 26.8 Å². The largest absolute Gasteiger partial charge is 0.480 e. The highest BCUT2D eigenvalue weighted by atomic mass is 79.9. The maximum atomic E-state index is 11.9. The van der Waals surface area contributed by atoms with Crippen LogP contribution in [0.25, 0.3) is 0 Å². The number of hydrogen-bond donors (Lipinski definition) is 3. The first-order valence-electron chi connectivity index (χ1n) is 6.17. The Bertz CT molecular complexity index is 524. The van der Waals surface area contributed by atoms with Crippen molar-refractivity contribution < 1.29 is 14.7 Å². The van der Waals surface area contributed by atoms with Gasteiger partial charge >= 0.3 is 12.0 Å². The Morgan fingerprint density at radius 3 is 2.35 bits per heavy atom. The number of amides is 2. The molecule has 1 rings (SSSR count). The van der Waals surface area contributed by atoms with E-state index >= 15 is 0 Å². The van der Waals surface area contributed by atoms with Gasteiger partial charge in [0.2, 0.25) is 0 Å². The summed E-state index contributed by atoms with van der Waals surface area (Å²) in [6.45, 7) is 7.21. The third-order valence-corrected chi connectivity index (χ3v) is 3.42. The third-order valence-electron chi connectivity index (χ3n) is 2.76. The van der Waals surface area contributed by atoms with Crippen LogP contribution in [0.5, 0.6) is 0 Å². The Balaban J connectivity index is 2.79. The van der Waals surface area contributed by atoms with Crippen LogP contribution in [0.15, 0.2) is 22.7 Å². The smallest absolute Gasteiger partial charge is 0.326 e.